The highest BCUT2D eigenvalue weighted by Crippen LogP contribution is 2.33. The van der Waals surface area contributed by atoms with Gasteiger partial charge < -0.3 is 10.1 Å². The molecule has 1 N–H and O–H groups in total. The quantitative estimate of drug-likeness (QED) is 0.814. The minimum Gasteiger partial charge on any atom is -0.456 e. The molecule has 0 aliphatic carbocycles. The molecule has 0 aliphatic rings. The largest absolute Gasteiger partial charge is 0.456 e. The molecule has 2 rings (SSSR count). The van der Waals surface area contributed by atoms with Crippen molar-refractivity contribution in [2.24, 2.45) is 0 Å². The normalized spacial score (nSPS) is 12.2. The lowest BCUT2D eigenvalue weighted by Crippen LogP contribution is -2.17. The summed E-state index contributed by atoms with van der Waals surface area (Å²) in [4.78, 5) is 0. The predicted molar refractivity (Wildman–Crippen MR) is 84.8 cm³/mol. The summed E-state index contributed by atoms with van der Waals surface area (Å²) in [6.07, 6.45) is 0. The molecule has 0 radical (unpaired) electrons. The summed E-state index contributed by atoms with van der Waals surface area (Å²) in [5.41, 5.74) is 1.83. The summed E-state index contributed by atoms with van der Waals surface area (Å²) >= 11 is 6.28. The van der Waals surface area contributed by atoms with Crippen LogP contribution in [0.15, 0.2) is 36.4 Å². The highest BCUT2D eigenvalue weighted by Gasteiger charge is 2.10. The van der Waals surface area contributed by atoms with Crippen molar-refractivity contribution in [3.8, 4) is 11.5 Å². The van der Waals surface area contributed by atoms with Gasteiger partial charge in [-0.3, -0.25) is 0 Å². The van der Waals surface area contributed by atoms with Crippen molar-refractivity contribution in [2.45, 2.75) is 26.8 Å². The van der Waals surface area contributed by atoms with Crippen LogP contribution in [0.5, 0.6) is 11.5 Å². The second-order valence-corrected chi connectivity index (χ2v) is 5.39. The molecule has 0 spiro atoms. The fourth-order valence-corrected chi connectivity index (χ4v) is 2.37. The summed E-state index contributed by atoms with van der Waals surface area (Å²) in [5, 5.41) is 3.87. The van der Waals surface area contributed by atoms with E-state index < -0.39 is 0 Å². The number of nitrogens with one attached hydrogen (secondary N) is 1. The number of rotatable bonds is 5. The standard InChI is InChI=1S/C17H19ClFNO/c1-4-20-12(3)13-5-7-17(15(18)10-13)21-16-8-6-14(19)9-11(16)2/h5-10,12,20H,4H2,1-3H3. The zero-order chi connectivity index (χ0) is 15.4. The van der Waals surface area contributed by atoms with Crippen LogP contribution >= 0.6 is 11.6 Å². The van der Waals surface area contributed by atoms with E-state index in [-0.39, 0.29) is 11.9 Å². The van der Waals surface area contributed by atoms with Gasteiger partial charge in [-0.1, -0.05) is 24.6 Å². The van der Waals surface area contributed by atoms with E-state index >= 15 is 0 Å². The van der Waals surface area contributed by atoms with Gasteiger partial charge in [-0.15, -0.1) is 0 Å². The van der Waals surface area contributed by atoms with Gasteiger partial charge in [0.25, 0.3) is 0 Å². The summed E-state index contributed by atoms with van der Waals surface area (Å²) in [5.74, 6) is 0.894. The first kappa shape index (κ1) is 15.8. The summed E-state index contributed by atoms with van der Waals surface area (Å²) in [6.45, 7) is 6.84. The lowest BCUT2D eigenvalue weighted by molar-refractivity contribution is 0.476. The van der Waals surface area contributed by atoms with Gasteiger partial charge in [0.05, 0.1) is 5.02 Å². The van der Waals surface area contributed by atoms with Gasteiger partial charge in [0, 0.05) is 6.04 Å². The van der Waals surface area contributed by atoms with Gasteiger partial charge in [0.15, 0.2) is 0 Å². The zero-order valence-corrected chi connectivity index (χ0v) is 13.2. The molecular formula is C17H19ClFNO. The fraction of sp³-hybridized carbons (Fsp3) is 0.294. The van der Waals surface area contributed by atoms with E-state index in [1.165, 1.54) is 12.1 Å². The molecule has 0 fully saturated rings. The molecule has 21 heavy (non-hydrogen) atoms. The molecule has 1 unspecified atom stereocenters. The zero-order valence-electron chi connectivity index (χ0n) is 12.4. The van der Waals surface area contributed by atoms with E-state index in [9.17, 15) is 4.39 Å². The molecule has 0 heterocycles. The second kappa shape index (κ2) is 6.92. The van der Waals surface area contributed by atoms with Crippen LogP contribution in [0.1, 0.15) is 31.0 Å². The van der Waals surface area contributed by atoms with Crippen molar-refractivity contribution in [1.29, 1.82) is 0 Å². The van der Waals surface area contributed by atoms with Crippen LogP contribution in [0.3, 0.4) is 0 Å². The van der Waals surface area contributed by atoms with Gasteiger partial charge in [-0.05, 0) is 61.9 Å². The monoisotopic (exact) mass is 307 g/mol. The molecule has 0 saturated carbocycles. The Morgan fingerprint density at radius 1 is 1.19 bits per heavy atom. The third-order valence-corrected chi connectivity index (χ3v) is 3.62. The van der Waals surface area contributed by atoms with Gasteiger partial charge in [0.1, 0.15) is 17.3 Å². The number of aryl methyl sites for hydroxylation is 1. The number of ether oxygens (including phenoxy) is 1. The van der Waals surface area contributed by atoms with Gasteiger partial charge >= 0.3 is 0 Å². The summed E-state index contributed by atoms with van der Waals surface area (Å²) in [6, 6.07) is 10.4. The molecule has 2 aromatic carbocycles. The highest BCUT2D eigenvalue weighted by molar-refractivity contribution is 6.32. The smallest absolute Gasteiger partial charge is 0.146 e. The van der Waals surface area contributed by atoms with Crippen LogP contribution < -0.4 is 10.1 Å². The Morgan fingerprint density at radius 3 is 2.52 bits per heavy atom. The van der Waals surface area contributed by atoms with E-state index in [1.807, 2.05) is 18.2 Å². The fourth-order valence-electron chi connectivity index (χ4n) is 2.14. The Bertz CT molecular complexity index is 630. The van der Waals surface area contributed by atoms with Crippen molar-refractivity contribution in [3.63, 3.8) is 0 Å². The Labute approximate surface area is 129 Å². The van der Waals surface area contributed by atoms with E-state index in [0.717, 1.165) is 17.7 Å². The molecule has 4 heteroatoms. The molecule has 2 aromatic rings. The van der Waals surface area contributed by atoms with Crippen LogP contribution in [-0.2, 0) is 0 Å². The van der Waals surface area contributed by atoms with Gasteiger partial charge in [-0.2, -0.15) is 0 Å². The molecule has 2 nitrogen and oxygen atoms in total. The van der Waals surface area contributed by atoms with Crippen molar-refractivity contribution < 1.29 is 9.13 Å². The van der Waals surface area contributed by atoms with Crippen LogP contribution in [0, 0.1) is 12.7 Å². The van der Waals surface area contributed by atoms with Crippen LogP contribution in [0.4, 0.5) is 4.39 Å². The molecule has 0 aromatic heterocycles. The number of halogens is 2. The van der Waals surface area contributed by atoms with Gasteiger partial charge in [-0.25, -0.2) is 4.39 Å². The number of benzene rings is 2. The highest BCUT2D eigenvalue weighted by atomic mass is 35.5. The van der Waals surface area contributed by atoms with Crippen molar-refractivity contribution in [1.82, 2.24) is 5.32 Å². The minimum atomic E-state index is -0.277. The lowest BCUT2D eigenvalue weighted by Gasteiger charge is -2.15. The summed E-state index contributed by atoms with van der Waals surface area (Å²) < 4.78 is 18.9. The molecule has 0 saturated heterocycles. The Balaban J connectivity index is 2.21. The minimum absolute atomic E-state index is 0.231. The third kappa shape index (κ3) is 3.96. The van der Waals surface area contributed by atoms with Crippen LogP contribution in [0.25, 0.3) is 0 Å². The average molecular weight is 308 g/mol. The Morgan fingerprint density at radius 2 is 1.90 bits per heavy atom. The molecule has 1 atom stereocenters. The number of hydrogen-bond acceptors (Lipinski definition) is 2. The Hall–Kier alpha value is -1.58. The maximum absolute atomic E-state index is 13.1. The van der Waals surface area contributed by atoms with Crippen LogP contribution in [-0.4, -0.2) is 6.54 Å². The maximum atomic E-state index is 13.1. The number of hydrogen-bond donors (Lipinski definition) is 1. The summed E-state index contributed by atoms with van der Waals surface area (Å²) in [7, 11) is 0. The van der Waals surface area contributed by atoms with Gasteiger partial charge in [0.2, 0.25) is 0 Å². The first-order chi connectivity index (χ1) is 10.0. The Kier molecular flexibility index (Phi) is 5.21. The van der Waals surface area contributed by atoms with Crippen molar-refractivity contribution in [2.75, 3.05) is 6.54 Å². The van der Waals surface area contributed by atoms with Crippen molar-refractivity contribution >= 4 is 11.6 Å². The van der Waals surface area contributed by atoms with E-state index in [0.29, 0.717) is 16.5 Å². The third-order valence-electron chi connectivity index (χ3n) is 3.32. The first-order valence-corrected chi connectivity index (χ1v) is 7.36. The first-order valence-electron chi connectivity index (χ1n) is 6.98. The van der Waals surface area contributed by atoms with Crippen molar-refractivity contribution in [3.05, 3.63) is 58.4 Å². The predicted octanol–water partition coefficient (Wildman–Crippen LogP) is 5.25. The van der Waals surface area contributed by atoms with E-state index in [1.54, 1.807) is 13.0 Å². The second-order valence-electron chi connectivity index (χ2n) is 4.98. The molecule has 0 bridgehead atoms. The SMILES string of the molecule is CCNC(C)c1ccc(Oc2ccc(F)cc2C)c(Cl)c1. The molecule has 0 amide bonds. The average Bonchev–Trinajstić information content (AvgIpc) is 2.44. The topological polar surface area (TPSA) is 21.3 Å². The van der Waals surface area contributed by atoms with E-state index in [2.05, 4.69) is 19.2 Å². The molecular weight excluding hydrogens is 289 g/mol. The molecule has 0 aliphatic heterocycles. The molecule has 112 valence electrons. The van der Waals surface area contributed by atoms with E-state index in [4.69, 9.17) is 16.3 Å². The van der Waals surface area contributed by atoms with Crippen LogP contribution in [0.2, 0.25) is 5.02 Å². The lowest BCUT2D eigenvalue weighted by atomic mass is 10.1. The maximum Gasteiger partial charge on any atom is 0.146 e.